The fourth-order valence-corrected chi connectivity index (χ4v) is 2.08. The summed E-state index contributed by atoms with van der Waals surface area (Å²) in [5.41, 5.74) is 0.0666. The summed E-state index contributed by atoms with van der Waals surface area (Å²) in [6.45, 7) is 15.2. The van der Waals surface area contributed by atoms with E-state index in [0.29, 0.717) is 31.9 Å². The number of piperazine rings is 1. The first kappa shape index (κ1) is 15.1. The molecule has 0 radical (unpaired) electrons. The van der Waals surface area contributed by atoms with Crippen LogP contribution in [0.25, 0.3) is 4.85 Å². The molecule has 2 rings (SSSR count). The maximum absolute atomic E-state index is 12.0. The SMILES string of the molecule is [C-]#[N+]c1ccc(N2CCN(C(=O)OC(C)(C)C)CC2)nc1. The molecule has 0 spiro atoms. The zero-order chi connectivity index (χ0) is 15.5. The van der Waals surface area contributed by atoms with Gasteiger partial charge in [0, 0.05) is 32.4 Å². The Labute approximate surface area is 125 Å². The number of amides is 1. The third-order valence-electron chi connectivity index (χ3n) is 3.12. The largest absolute Gasteiger partial charge is 0.444 e. The third-order valence-corrected chi connectivity index (χ3v) is 3.12. The van der Waals surface area contributed by atoms with Gasteiger partial charge in [-0.3, -0.25) is 4.98 Å². The lowest BCUT2D eigenvalue weighted by Gasteiger charge is -2.36. The molecule has 0 aliphatic carbocycles. The lowest BCUT2D eigenvalue weighted by molar-refractivity contribution is 0.0240. The van der Waals surface area contributed by atoms with Gasteiger partial charge in [0.2, 0.25) is 5.69 Å². The van der Waals surface area contributed by atoms with Crippen LogP contribution in [-0.2, 0) is 4.74 Å². The number of nitrogens with zero attached hydrogens (tertiary/aromatic N) is 4. The van der Waals surface area contributed by atoms with Crippen LogP contribution >= 0.6 is 0 Å². The number of ether oxygens (including phenoxy) is 1. The van der Waals surface area contributed by atoms with Crippen LogP contribution in [-0.4, -0.2) is 47.8 Å². The van der Waals surface area contributed by atoms with Gasteiger partial charge in [-0.2, -0.15) is 0 Å². The van der Waals surface area contributed by atoms with Crippen LogP contribution in [0, 0.1) is 6.57 Å². The molecule has 1 aliphatic heterocycles. The second-order valence-corrected chi connectivity index (χ2v) is 5.94. The van der Waals surface area contributed by atoms with Crippen molar-refractivity contribution >= 4 is 17.6 Å². The van der Waals surface area contributed by atoms with Crippen molar-refractivity contribution < 1.29 is 9.53 Å². The van der Waals surface area contributed by atoms with Gasteiger partial charge in [-0.25, -0.2) is 9.64 Å². The van der Waals surface area contributed by atoms with Crippen molar-refractivity contribution in [2.45, 2.75) is 26.4 Å². The van der Waals surface area contributed by atoms with Crippen LogP contribution in [0.4, 0.5) is 16.3 Å². The number of pyridine rings is 1. The molecular formula is C15H20N4O2. The molecule has 1 saturated heterocycles. The van der Waals surface area contributed by atoms with E-state index >= 15 is 0 Å². The quantitative estimate of drug-likeness (QED) is 0.746. The predicted octanol–water partition coefficient (Wildman–Crippen LogP) is 2.69. The first-order valence-electron chi connectivity index (χ1n) is 6.95. The highest BCUT2D eigenvalue weighted by Crippen LogP contribution is 2.18. The van der Waals surface area contributed by atoms with E-state index in [-0.39, 0.29) is 6.09 Å². The summed E-state index contributed by atoms with van der Waals surface area (Å²) in [7, 11) is 0. The molecule has 6 heteroatoms. The van der Waals surface area contributed by atoms with Gasteiger partial charge in [0.15, 0.2) is 0 Å². The average molecular weight is 288 g/mol. The van der Waals surface area contributed by atoms with Crippen molar-refractivity contribution in [2.24, 2.45) is 0 Å². The van der Waals surface area contributed by atoms with Gasteiger partial charge >= 0.3 is 6.09 Å². The highest BCUT2D eigenvalue weighted by atomic mass is 16.6. The number of rotatable bonds is 1. The van der Waals surface area contributed by atoms with Crippen molar-refractivity contribution in [3.05, 3.63) is 29.7 Å². The van der Waals surface area contributed by atoms with Gasteiger partial charge in [-0.1, -0.05) is 6.07 Å². The molecule has 1 fully saturated rings. The second-order valence-electron chi connectivity index (χ2n) is 5.94. The standard InChI is InChI=1S/C15H20N4O2/c1-15(2,3)21-14(20)19-9-7-18(8-10-19)13-6-5-12(16-4)11-17-13/h5-6,11H,7-10H2,1-3H3. The minimum absolute atomic E-state index is 0.265. The third kappa shape index (κ3) is 4.09. The van der Waals surface area contributed by atoms with E-state index in [0.717, 1.165) is 5.82 Å². The molecule has 1 amide bonds. The molecule has 0 unspecified atom stereocenters. The molecule has 1 aromatic heterocycles. The van der Waals surface area contributed by atoms with Crippen LogP contribution in [0.2, 0.25) is 0 Å². The van der Waals surface area contributed by atoms with E-state index in [9.17, 15) is 4.79 Å². The maximum Gasteiger partial charge on any atom is 0.410 e. The van der Waals surface area contributed by atoms with Crippen LogP contribution < -0.4 is 4.90 Å². The molecule has 1 aliphatic rings. The normalized spacial score (nSPS) is 15.5. The molecule has 21 heavy (non-hydrogen) atoms. The molecule has 0 atom stereocenters. The maximum atomic E-state index is 12.0. The smallest absolute Gasteiger partial charge is 0.410 e. The number of hydrogen-bond donors (Lipinski definition) is 0. The molecule has 0 saturated carbocycles. The summed E-state index contributed by atoms with van der Waals surface area (Å²) in [5, 5.41) is 0. The Morgan fingerprint density at radius 1 is 1.29 bits per heavy atom. The Morgan fingerprint density at radius 3 is 2.43 bits per heavy atom. The minimum atomic E-state index is -0.467. The molecule has 0 bridgehead atoms. The number of carbonyl (C=O) groups excluding carboxylic acids is 1. The molecular weight excluding hydrogens is 268 g/mol. The Morgan fingerprint density at radius 2 is 1.95 bits per heavy atom. The minimum Gasteiger partial charge on any atom is -0.444 e. The Hall–Kier alpha value is -2.29. The van der Waals surface area contributed by atoms with Crippen molar-refractivity contribution in [3.63, 3.8) is 0 Å². The van der Waals surface area contributed by atoms with E-state index < -0.39 is 5.60 Å². The predicted molar refractivity (Wildman–Crippen MR) is 80.5 cm³/mol. The van der Waals surface area contributed by atoms with E-state index in [2.05, 4.69) is 14.7 Å². The molecule has 2 heterocycles. The average Bonchev–Trinajstić information content (AvgIpc) is 2.46. The zero-order valence-electron chi connectivity index (χ0n) is 12.7. The van der Waals surface area contributed by atoms with Gasteiger partial charge in [0.25, 0.3) is 0 Å². The van der Waals surface area contributed by atoms with Crippen molar-refractivity contribution in [1.82, 2.24) is 9.88 Å². The molecule has 1 aromatic rings. The first-order chi connectivity index (χ1) is 9.89. The summed E-state index contributed by atoms with van der Waals surface area (Å²) in [5.74, 6) is 0.839. The van der Waals surface area contributed by atoms with Gasteiger partial charge in [-0.15, -0.1) is 0 Å². The summed E-state index contributed by atoms with van der Waals surface area (Å²) in [4.78, 5) is 23.4. The van der Waals surface area contributed by atoms with E-state index in [1.165, 1.54) is 0 Å². The van der Waals surface area contributed by atoms with Crippen molar-refractivity contribution in [2.75, 3.05) is 31.1 Å². The number of hydrogen-bond acceptors (Lipinski definition) is 4. The van der Waals surface area contributed by atoms with Gasteiger partial charge < -0.3 is 14.5 Å². The van der Waals surface area contributed by atoms with E-state index in [1.807, 2.05) is 26.8 Å². The fraction of sp³-hybridized carbons (Fsp3) is 0.533. The lowest BCUT2D eigenvalue weighted by Crippen LogP contribution is -2.50. The van der Waals surface area contributed by atoms with E-state index in [1.54, 1.807) is 17.2 Å². The number of aromatic nitrogens is 1. The Balaban J connectivity index is 1.91. The molecule has 112 valence electrons. The van der Waals surface area contributed by atoms with Gasteiger partial charge in [0.05, 0.1) is 6.57 Å². The number of carbonyl (C=O) groups is 1. The van der Waals surface area contributed by atoms with Crippen LogP contribution in [0.3, 0.4) is 0 Å². The summed E-state index contributed by atoms with van der Waals surface area (Å²) in [6, 6.07) is 3.60. The summed E-state index contributed by atoms with van der Waals surface area (Å²) < 4.78 is 5.37. The molecule has 6 nitrogen and oxygen atoms in total. The second kappa shape index (κ2) is 6.00. The highest BCUT2D eigenvalue weighted by Gasteiger charge is 2.26. The van der Waals surface area contributed by atoms with Crippen LogP contribution in [0.1, 0.15) is 20.8 Å². The summed E-state index contributed by atoms with van der Waals surface area (Å²) in [6.07, 6.45) is 1.31. The van der Waals surface area contributed by atoms with Crippen molar-refractivity contribution in [1.29, 1.82) is 0 Å². The summed E-state index contributed by atoms with van der Waals surface area (Å²) >= 11 is 0. The van der Waals surface area contributed by atoms with E-state index in [4.69, 9.17) is 11.3 Å². The van der Waals surface area contributed by atoms with Gasteiger partial charge in [0.1, 0.15) is 11.4 Å². The topological polar surface area (TPSA) is 50.0 Å². The first-order valence-corrected chi connectivity index (χ1v) is 6.95. The zero-order valence-corrected chi connectivity index (χ0v) is 12.7. The van der Waals surface area contributed by atoms with Crippen LogP contribution in [0.5, 0.6) is 0 Å². The van der Waals surface area contributed by atoms with Crippen molar-refractivity contribution in [3.8, 4) is 0 Å². The molecule has 0 aromatic carbocycles. The van der Waals surface area contributed by atoms with Crippen LogP contribution in [0.15, 0.2) is 18.3 Å². The number of anilines is 1. The monoisotopic (exact) mass is 288 g/mol. The Bertz CT molecular complexity index is 534. The van der Waals surface area contributed by atoms with Gasteiger partial charge in [-0.05, 0) is 26.8 Å². The fourth-order valence-electron chi connectivity index (χ4n) is 2.08. The highest BCUT2D eigenvalue weighted by molar-refractivity contribution is 5.68. The Kier molecular flexibility index (Phi) is 4.32. The molecule has 0 N–H and O–H groups in total. The lowest BCUT2D eigenvalue weighted by atomic mass is 10.2.